The Bertz CT molecular complexity index is 504. The lowest BCUT2D eigenvalue weighted by Crippen LogP contribution is -2.55. The van der Waals surface area contributed by atoms with E-state index < -0.39 is 0 Å². The summed E-state index contributed by atoms with van der Waals surface area (Å²) in [5, 5.41) is 3.22. The summed E-state index contributed by atoms with van der Waals surface area (Å²) in [6.45, 7) is 9.81. The number of aromatic nitrogens is 1. The zero-order valence-corrected chi connectivity index (χ0v) is 14.4. The number of likely N-dealkylation sites (tertiary alicyclic amines) is 1. The van der Waals surface area contributed by atoms with E-state index in [1.807, 2.05) is 6.92 Å². The largest absolute Gasteiger partial charge is 0.346 e. The van der Waals surface area contributed by atoms with Gasteiger partial charge in [0.1, 0.15) is 0 Å². The first-order valence-electron chi connectivity index (χ1n) is 8.35. The van der Waals surface area contributed by atoms with Gasteiger partial charge >= 0.3 is 0 Å². The summed E-state index contributed by atoms with van der Waals surface area (Å²) in [6.07, 6.45) is 3.59. The summed E-state index contributed by atoms with van der Waals surface area (Å²) >= 11 is 1.72. The number of nitrogens with zero attached hydrogens (tertiary/aromatic N) is 4. The number of rotatable bonds is 3. The molecule has 2 aliphatic heterocycles. The first-order valence-corrected chi connectivity index (χ1v) is 9.23. The first kappa shape index (κ1) is 15.7. The maximum Gasteiger partial charge on any atom is 0.239 e. The van der Waals surface area contributed by atoms with Gasteiger partial charge in [0.2, 0.25) is 5.91 Å². The maximum atomic E-state index is 12.6. The summed E-state index contributed by atoms with van der Waals surface area (Å²) in [4.78, 5) is 23.9. The molecule has 0 aromatic carbocycles. The molecule has 2 aliphatic rings. The Morgan fingerprint density at radius 3 is 2.41 bits per heavy atom. The fourth-order valence-electron chi connectivity index (χ4n) is 3.32. The van der Waals surface area contributed by atoms with Crippen LogP contribution in [0.2, 0.25) is 0 Å². The van der Waals surface area contributed by atoms with E-state index in [4.69, 9.17) is 0 Å². The highest BCUT2D eigenvalue weighted by molar-refractivity contribution is 7.13. The molecule has 6 heteroatoms. The third kappa shape index (κ3) is 3.43. The molecule has 2 saturated heterocycles. The Morgan fingerprint density at radius 1 is 1.14 bits per heavy atom. The number of hydrogen-bond acceptors (Lipinski definition) is 5. The van der Waals surface area contributed by atoms with Gasteiger partial charge in [-0.25, -0.2) is 4.98 Å². The number of aryl methyl sites for hydroxylation is 1. The highest BCUT2D eigenvalue weighted by Gasteiger charge is 2.29. The van der Waals surface area contributed by atoms with Crippen molar-refractivity contribution in [3.63, 3.8) is 0 Å². The Balaban J connectivity index is 1.53. The molecule has 22 heavy (non-hydrogen) atoms. The number of hydrogen-bond donors (Lipinski definition) is 0. The third-order valence-electron chi connectivity index (χ3n) is 4.76. The molecule has 0 saturated carbocycles. The van der Waals surface area contributed by atoms with E-state index in [0.717, 1.165) is 62.9 Å². The molecular formula is C16H26N4OS. The van der Waals surface area contributed by atoms with Crippen LogP contribution in [0.25, 0.3) is 0 Å². The molecule has 1 aromatic heterocycles. The maximum absolute atomic E-state index is 12.6. The van der Waals surface area contributed by atoms with Crippen LogP contribution < -0.4 is 4.90 Å². The SMILES string of the molecule is Cc1csc(N2CCN([C@@H](C)C(=O)N3CCCCC3)CC2)n1. The van der Waals surface area contributed by atoms with Crippen molar-refractivity contribution in [2.45, 2.75) is 39.2 Å². The van der Waals surface area contributed by atoms with Gasteiger partial charge < -0.3 is 9.80 Å². The molecule has 0 spiro atoms. The molecule has 1 aromatic rings. The van der Waals surface area contributed by atoms with E-state index in [9.17, 15) is 4.79 Å². The van der Waals surface area contributed by atoms with Crippen molar-refractivity contribution in [2.24, 2.45) is 0 Å². The van der Waals surface area contributed by atoms with Crippen LogP contribution in [0.15, 0.2) is 5.38 Å². The summed E-state index contributed by atoms with van der Waals surface area (Å²) in [5.74, 6) is 0.318. The van der Waals surface area contributed by atoms with Gasteiger partial charge in [0.15, 0.2) is 5.13 Å². The van der Waals surface area contributed by atoms with Gasteiger partial charge in [-0.15, -0.1) is 11.3 Å². The number of amides is 1. The zero-order valence-electron chi connectivity index (χ0n) is 13.6. The van der Waals surface area contributed by atoms with Crippen molar-refractivity contribution in [3.8, 4) is 0 Å². The van der Waals surface area contributed by atoms with Crippen molar-refractivity contribution in [1.82, 2.24) is 14.8 Å². The van der Waals surface area contributed by atoms with Crippen LogP contribution in [-0.2, 0) is 4.79 Å². The first-order chi connectivity index (χ1) is 10.6. The molecule has 0 aliphatic carbocycles. The second-order valence-electron chi connectivity index (χ2n) is 6.36. The molecule has 122 valence electrons. The molecule has 1 amide bonds. The highest BCUT2D eigenvalue weighted by atomic mass is 32.1. The van der Waals surface area contributed by atoms with Gasteiger partial charge in [-0.05, 0) is 33.1 Å². The predicted octanol–water partition coefficient (Wildman–Crippen LogP) is 1.97. The number of carbonyl (C=O) groups is 1. The normalized spacial score (nSPS) is 21.9. The second kappa shape index (κ2) is 6.96. The van der Waals surface area contributed by atoms with Crippen LogP contribution in [0.3, 0.4) is 0 Å². The lowest BCUT2D eigenvalue weighted by molar-refractivity contribution is -0.137. The molecule has 0 radical (unpaired) electrons. The van der Waals surface area contributed by atoms with E-state index in [0.29, 0.717) is 5.91 Å². The smallest absolute Gasteiger partial charge is 0.239 e. The molecule has 0 bridgehead atoms. The molecule has 1 atom stereocenters. The minimum absolute atomic E-state index is 0.0123. The average Bonchev–Trinajstić information content (AvgIpc) is 3.01. The van der Waals surface area contributed by atoms with Crippen molar-refractivity contribution >= 4 is 22.4 Å². The van der Waals surface area contributed by atoms with Crippen LogP contribution in [0, 0.1) is 6.92 Å². The Kier molecular flexibility index (Phi) is 4.98. The molecule has 5 nitrogen and oxygen atoms in total. The van der Waals surface area contributed by atoms with Crippen LogP contribution in [0.4, 0.5) is 5.13 Å². The number of thiazole rings is 1. The van der Waals surface area contributed by atoms with E-state index in [1.165, 1.54) is 6.42 Å². The minimum Gasteiger partial charge on any atom is -0.346 e. The molecular weight excluding hydrogens is 296 g/mol. The van der Waals surface area contributed by atoms with Crippen molar-refractivity contribution in [2.75, 3.05) is 44.2 Å². The fourth-order valence-corrected chi connectivity index (χ4v) is 4.18. The van der Waals surface area contributed by atoms with Gasteiger partial charge in [0, 0.05) is 44.6 Å². The predicted molar refractivity (Wildman–Crippen MR) is 90.5 cm³/mol. The number of piperazine rings is 1. The van der Waals surface area contributed by atoms with Gasteiger partial charge in [0.05, 0.1) is 11.7 Å². The van der Waals surface area contributed by atoms with Crippen molar-refractivity contribution in [1.29, 1.82) is 0 Å². The monoisotopic (exact) mass is 322 g/mol. The van der Waals surface area contributed by atoms with Gasteiger partial charge in [-0.1, -0.05) is 0 Å². The second-order valence-corrected chi connectivity index (χ2v) is 7.19. The lowest BCUT2D eigenvalue weighted by atomic mass is 10.1. The molecule has 2 fully saturated rings. The van der Waals surface area contributed by atoms with E-state index in [2.05, 4.69) is 32.0 Å². The minimum atomic E-state index is 0.0123. The Labute approximate surface area is 136 Å². The summed E-state index contributed by atoms with van der Waals surface area (Å²) in [6, 6.07) is 0.0123. The van der Waals surface area contributed by atoms with Crippen molar-refractivity contribution < 1.29 is 4.79 Å². The van der Waals surface area contributed by atoms with Crippen LogP contribution >= 0.6 is 11.3 Å². The van der Waals surface area contributed by atoms with E-state index in [1.54, 1.807) is 11.3 Å². The van der Waals surface area contributed by atoms with E-state index >= 15 is 0 Å². The number of piperidine rings is 1. The lowest BCUT2D eigenvalue weighted by Gasteiger charge is -2.39. The number of anilines is 1. The fraction of sp³-hybridized carbons (Fsp3) is 0.750. The van der Waals surface area contributed by atoms with Gasteiger partial charge in [-0.3, -0.25) is 9.69 Å². The molecule has 0 N–H and O–H groups in total. The third-order valence-corrected chi connectivity index (χ3v) is 5.78. The van der Waals surface area contributed by atoms with Gasteiger partial charge in [-0.2, -0.15) is 0 Å². The van der Waals surface area contributed by atoms with Gasteiger partial charge in [0.25, 0.3) is 0 Å². The summed E-state index contributed by atoms with van der Waals surface area (Å²) < 4.78 is 0. The summed E-state index contributed by atoms with van der Waals surface area (Å²) in [7, 11) is 0. The molecule has 3 rings (SSSR count). The molecule has 0 unspecified atom stereocenters. The highest BCUT2D eigenvalue weighted by Crippen LogP contribution is 2.22. The Morgan fingerprint density at radius 2 is 1.82 bits per heavy atom. The quantitative estimate of drug-likeness (QED) is 0.853. The topological polar surface area (TPSA) is 39.7 Å². The zero-order chi connectivity index (χ0) is 15.5. The van der Waals surface area contributed by atoms with E-state index in [-0.39, 0.29) is 6.04 Å². The van der Waals surface area contributed by atoms with Crippen LogP contribution in [0.1, 0.15) is 31.9 Å². The van der Waals surface area contributed by atoms with Crippen LogP contribution in [-0.4, -0.2) is 66.0 Å². The summed E-state index contributed by atoms with van der Waals surface area (Å²) in [5.41, 5.74) is 1.09. The molecule has 3 heterocycles. The Hall–Kier alpha value is -1.14. The van der Waals surface area contributed by atoms with Crippen molar-refractivity contribution in [3.05, 3.63) is 11.1 Å². The van der Waals surface area contributed by atoms with Crippen LogP contribution in [0.5, 0.6) is 0 Å². The average molecular weight is 322 g/mol. The standard InChI is InChI=1S/C16H26N4OS/c1-13-12-22-16(17-13)20-10-8-18(9-11-20)14(2)15(21)19-6-4-3-5-7-19/h12,14H,3-11H2,1-2H3/t14-/m0/s1. The number of carbonyl (C=O) groups excluding carboxylic acids is 1.